The van der Waals surface area contributed by atoms with Gasteiger partial charge in [0.15, 0.2) is 0 Å². The smallest absolute Gasteiger partial charge is 0.446 e. The number of thioether (sulfide) groups is 1. The standard InChI is InChI=1S/C17H23F3N2O2S/c18-17(19,20)25-13-1-2-15(23)14(11-13)16(12-3-9-24-10-4-12)22-7-5-21-6-8-22/h1-2,11-12,16,21,23H,3-10H2/t16-/m0/s1. The molecule has 0 spiro atoms. The minimum absolute atomic E-state index is 0.0709. The number of halogens is 3. The Morgan fingerprint density at radius 1 is 1.20 bits per heavy atom. The molecule has 0 aromatic heterocycles. The van der Waals surface area contributed by atoms with Crippen molar-refractivity contribution in [3.63, 3.8) is 0 Å². The van der Waals surface area contributed by atoms with Crippen LogP contribution in [0.15, 0.2) is 23.1 Å². The topological polar surface area (TPSA) is 44.7 Å². The van der Waals surface area contributed by atoms with Crippen molar-refractivity contribution in [1.29, 1.82) is 0 Å². The molecule has 2 fully saturated rings. The van der Waals surface area contributed by atoms with E-state index < -0.39 is 5.51 Å². The van der Waals surface area contributed by atoms with Gasteiger partial charge in [0.2, 0.25) is 0 Å². The fourth-order valence-electron chi connectivity index (χ4n) is 3.71. The summed E-state index contributed by atoms with van der Waals surface area (Å²) in [5.74, 6) is 0.338. The summed E-state index contributed by atoms with van der Waals surface area (Å²) in [5.41, 5.74) is -3.74. The summed E-state index contributed by atoms with van der Waals surface area (Å²) < 4.78 is 43.7. The first-order chi connectivity index (χ1) is 11.9. The van der Waals surface area contributed by atoms with E-state index in [1.54, 1.807) is 0 Å². The average Bonchev–Trinajstić information content (AvgIpc) is 2.59. The quantitative estimate of drug-likeness (QED) is 0.789. The molecule has 1 aromatic rings. The van der Waals surface area contributed by atoms with Crippen LogP contribution in [-0.4, -0.2) is 54.9 Å². The zero-order chi connectivity index (χ0) is 17.9. The van der Waals surface area contributed by atoms with Gasteiger partial charge < -0.3 is 15.2 Å². The molecule has 0 unspecified atom stereocenters. The fraction of sp³-hybridized carbons (Fsp3) is 0.647. The van der Waals surface area contributed by atoms with Crippen molar-refractivity contribution in [2.45, 2.75) is 29.3 Å². The van der Waals surface area contributed by atoms with Crippen LogP contribution >= 0.6 is 11.8 Å². The van der Waals surface area contributed by atoms with Crippen molar-refractivity contribution in [3.05, 3.63) is 23.8 Å². The Kier molecular flexibility index (Phi) is 6.14. The van der Waals surface area contributed by atoms with Gasteiger partial charge in [0, 0.05) is 55.9 Å². The Hall–Kier alpha value is -0.960. The third-order valence-electron chi connectivity index (χ3n) is 4.81. The molecule has 0 radical (unpaired) electrons. The SMILES string of the molecule is Oc1ccc(SC(F)(F)F)cc1[C@H](C1CCOCC1)N1CCNCC1. The van der Waals surface area contributed by atoms with E-state index in [1.807, 2.05) is 0 Å². The minimum Gasteiger partial charge on any atom is -0.508 e. The zero-order valence-electron chi connectivity index (χ0n) is 13.9. The highest BCUT2D eigenvalue weighted by Crippen LogP contribution is 2.43. The van der Waals surface area contributed by atoms with Crippen LogP contribution in [0.25, 0.3) is 0 Å². The molecule has 2 saturated heterocycles. The van der Waals surface area contributed by atoms with E-state index in [4.69, 9.17) is 4.74 Å². The lowest BCUT2D eigenvalue weighted by molar-refractivity contribution is -0.0328. The molecule has 2 N–H and O–H groups in total. The number of phenolic OH excluding ortho intramolecular Hbond substituents is 1. The van der Waals surface area contributed by atoms with E-state index in [9.17, 15) is 18.3 Å². The molecule has 1 aromatic carbocycles. The van der Waals surface area contributed by atoms with Gasteiger partial charge in [-0.05, 0) is 48.7 Å². The molecule has 0 aliphatic carbocycles. The third kappa shape index (κ3) is 5.03. The molecule has 140 valence electrons. The molecule has 4 nitrogen and oxygen atoms in total. The molecule has 1 atom stereocenters. The zero-order valence-corrected chi connectivity index (χ0v) is 14.7. The summed E-state index contributed by atoms with van der Waals surface area (Å²) in [4.78, 5) is 2.40. The van der Waals surface area contributed by atoms with Gasteiger partial charge in [-0.25, -0.2) is 0 Å². The van der Waals surface area contributed by atoms with Crippen molar-refractivity contribution in [3.8, 4) is 5.75 Å². The molecule has 2 aliphatic rings. The maximum absolute atomic E-state index is 12.7. The lowest BCUT2D eigenvalue weighted by atomic mass is 9.85. The molecule has 3 rings (SSSR count). The summed E-state index contributed by atoms with van der Waals surface area (Å²) >= 11 is -0.132. The molecule has 2 aliphatic heterocycles. The highest BCUT2D eigenvalue weighted by molar-refractivity contribution is 8.00. The summed E-state index contributed by atoms with van der Waals surface area (Å²) in [6.07, 6.45) is 1.70. The number of hydrogen-bond acceptors (Lipinski definition) is 5. The molecule has 2 heterocycles. The van der Waals surface area contributed by atoms with Crippen LogP contribution in [0.2, 0.25) is 0 Å². The second-order valence-electron chi connectivity index (χ2n) is 6.45. The van der Waals surface area contributed by atoms with E-state index in [0.717, 1.165) is 39.0 Å². The van der Waals surface area contributed by atoms with Gasteiger partial charge in [-0.3, -0.25) is 4.90 Å². The largest absolute Gasteiger partial charge is 0.508 e. The molecule has 25 heavy (non-hydrogen) atoms. The highest BCUT2D eigenvalue weighted by atomic mass is 32.2. The molecule has 0 saturated carbocycles. The summed E-state index contributed by atoms with van der Waals surface area (Å²) in [5, 5.41) is 13.7. The number of ether oxygens (including phenoxy) is 1. The summed E-state index contributed by atoms with van der Waals surface area (Å²) in [6.45, 7) is 4.64. The van der Waals surface area contributed by atoms with Crippen LogP contribution in [0.1, 0.15) is 24.4 Å². The Morgan fingerprint density at radius 2 is 1.88 bits per heavy atom. The third-order valence-corrected chi connectivity index (χ3v) is 5.53. The van der Waals surface area contributed by atoms with Crippen molar-refractivity contribution in [2.24, 2.45) is 5.92 Å². The van der Waals surface area contributed by atoms with Gasteiger partial charge in [-0.1, -0.05) is 0 Å². The van der Waals surface area contributed by atoms with Crippen molar-refractivity contribution >= 4 is 11.8 Å². The van der Waals surface area contributed by atoms with Gasteiger partial charge >= 0.3 is 5.51 Å². The van der Waals surface area contributed by atoms with Gasteiger partial charge in [-0.2, -0.15) is 13.2 Å². The van der Waals surface area contributed by atoms with Crippen LogP contribution in [0.5, 0.6) is 5.75 Å². The normalized spacial score (nSPS) is 22.0. The second kappa shape index (κ2) is 8.16. The van der Waals surface area contributed by atoms with Crippen molar-refractivity contribution < 1.29 is 23.0 Å². The Bertz CT molecular complexity index is 556. The first-order valence-corrected chi connectivity index (χ1v) is 9.37. The Labute approximate surface area is 149 Å². The van der Waals surface area contributed by atoms with Crippen LogP contribution in [0, 0.1) is 5.92 Å². The molecule has 0 amide bonds. The van der Waals surface area contributed by atoms with E-state index in [1.165, 1.54) is 18.2 Å². The number of piperazine rings is 1. The van der Waals surface area contributed by atoms with Gasteiger partial charge in [0.25, 0.3) is 0 Å². The number of hydrogen-bond donors (Lipinski definition) is 2. The van der Waals surface area contributed by atoms with E-state index in [0.29, 0.717) is 18.8 Å². The number of nitrogens with one attached hydrogen (secondary N) is 1. The number of benzene rings is 1. The van der Waals surface area contributed by atoms with Crippen molar-refractivity contribution in [2.75, 3.05) is 39.4 Å². The monoisotopic (exact) mass is 376 g/mol. The van der Waals surface area contributed by atoms with Crippen LogP contribution in [-0.2, 0) is 4.74 Å². The average molecular weight is 376 g/mol. The predicted molar refractivity (Wildman–Crippen MR) is 90.7 cm³/mol. The van der Waals surface area contributed by atoms with E-state index in [2.05, 4.69) is 10.2 Å². The number of rotatable bonds is 4. The number of nitrogens with zero attached hydrogens (tertiary/aromatic N) is 1. The number of phenols is 1. The molecular weight excluding hydrogens is 353 g/mol. The number of alkyl halides is 3. The van der Waals surface area contributed by atoms with Gasteiger partial charge in [0.05, 0.1) is 0 Å². The fourth-order valence-corrected chi connectivity index (χ4v) is 4.30. The Balaban J connectivity index is 1.92. The highest BCUT2D eigenvalue weighted by Gasteiger charge is 2.34. The van der Waals surface area contributed by atoms with Crippen LogP contribution in [0.3, 0.4) is 0 Å². The second-order valence-corrected chi connectivity index (χ2v) is 7.59. The minimum atomic E-state index is -4.34. The summed E-state index contributed by atoms with van der Waals surface area (Å²) in [6, 6.07) is 4.14. The van der Waals surface area contributed by atoms with E-state index in [-0.39, 0.29) is 34.4 Å². The summed E-state index contributed by atoms with van der Waals surface area (Å²) in [7, 11) is 0. The van der Waals surface area contributed by atoms with Gasteiger partial charge in [0.1, 0.15) is 5.75 Å². The van der Waals surface area contributed by atoms with Crippen molar-refractivity contribution in [1.82, 2.24) is 10.2 Å². The van der Waals surface area contributed by atoms with Gasteiger partial charge in [-0.15, -0.1) is 0 Å². The predicted octanol–water partition coefficient (Wildman–Crippen LogP) is 3.38. The Morgan fingerprint density at radius 3 is 2.52 bits per heavy atom. The molecule has 8 heteroatoms. The maximum atomic E-state index is 12.7. The van der Waals surface area contributed by atoms with Crippen LogP contribution in [0.4, 0.5) is 13.2 Å². The lowest BCUT2D eigenvalue weighted by Crippen LogP contribution is -2.47. The molecule has 0 bridgehead atoms. The first-order valence-electron chi connectivity index (χ1n) is 8.55. The van der Waals surface area contributed by atoms with Crippen LogP contribution < -0.4 is 5.32 Å². The lowest BCUT2D eigenvalue weighted by Gasteiger charge is -2.41. The first kappa shape index (κ1) is 18.8. The van der Waals surface area contributed by atoms with E-state index >= 15 is 0 Å². The molecular formula is C17H23F3N2O2S. The maximum Gasteiger partial charge on any atom is 0.446 e. The number of aromatic hydroxyl groups is 1.